The third-order valence-electron chi connectivity index (χ3n) is 3.67. The molecular weight excluding hydrogens is 336 g/mol. The van der Waals surface area contributed by atoms with Crippen LogP contribution in [-0.4, -0.2) is 43.9 Å². The van der Waals surface area contributed by atoms with Gasteiger partial charge in [-0.15, -0.1) is 0 Å². The lowest BCUT2D eigenvalue weighted by atomic mass is 10.1. The van der Waals surface area contributed by atoms with E-state index in [4.69, 9.17) is 9.84 Å². The Morgan fingerprint density at radius 2 is 1.88 bits per heavy atom. The number of hydrogen-bond donors (Lipinski definition) is 3. The van der Waals surface area contributed by atoms with Crippen LogP contribution in [0.4, 0.5) is 5.69 Å². The quantitative estimate of drug-likeness (QED) is 0.695. The highest BCUT2D eigenvalue weighted by atomic mass is 32.2. The van der Waals surface area contributed by atoms with Gasteiger partial charge in [0.05, 0.1) is 18.0 Å². The van der Waals surface area contributed by atoms with Gasteiger partial charge in [-0.2, -0.15) is 0 Å². The van der Waals surface area contributed by atoms with Crippen LogP contribution in [0.2, 0.25) is 0 Å². The number of anilines is 1. The van der Waals surface area contributed by atoms with Gasteiger partial charge in [-0.3, -0.25) is 9.52 Å². The molecule has 132 valence electrons. The van der Waals surface area contributed by atoms with Gasteiger partial charge in [0.2, 0.25) is 15.9 Å². The average molecular weight is 356 g/mol. The van der Waals surface area contributed by atoms with Crippen LogP contribution in [0.5, 0.6) is 0 Å². The molecule has 24 heavy (non-hydrogen) atoms. The average Bonchev–Trinajstić information content (AvgIpc) is 2.96. The fourth-order valence-electron chi connectivity index (χ4n) is 2.56. The predicted molar refractivity (Wildman–Crippen MR) is 87.0 cm³/mol. The normalized spacial score (nSPS) is 21.9. The molecule has 0 bridgehead atoms. The van der Waals surface area contributed by atoms with Crippen LogP contribution < -0.4 is 10.0 Å². The summed E-state index contributed by atoms with van der Waals surface area (Å²) in [6.45, 7) is 1.71. The summed E-state index contributed by atoms with van der Waals surface area (Å²) in [4.78, 5) is 23.1. The van der Waals surface area contributed by atoms with Gasteiger partial charge in [-0.25, -0.2) is 13.2 Å². The first-order chi connectivity index (χ1) is 11.2. The minimum Gasteiger partial charge on any atom is -0.479 e. The van der Waals surface area contributed by atoms with Gasteiger partial charge in [0.25, 0.3) is 0 Å². The number of para-hydroxylation sites is 1. The van der Waals surface area contributed by atoms with Crippen LogP contribution in [-0.2, 0) is 24.3 Å². The van der Waals surface area contributed by atoms with Gasteiger partial charge in [0.15, 0.2) is 6.10 Å². The number of sulfonamides is 1. The van der Waals surface area contributed by atoms with Crippen LogP contribution in [0.1, 0.15) is 31.4 Å². The Morgan fingerprint density at radius 1 is 1.25 bits per heavy atom. The van der Waals surface area contributed by atoms with Gasteiger partial charge in [0, 0.05) is 0 Å². The molecule has 1 unspecified atom stereocenters. The SMILES string of the molecule is CC(NC(=O)[C@@H]1CC[C@H](C(=O)O)O1)c1ccccc1NS(C)(=O)=O. The number of rotatable bonds is 6. The van der Waals surface area contributed by atoms with Crippen LogP contribution in [0.3, 0.4) is 0 Å². The fourth-order valence-corrected chi connectivity index (χ4v) is 3.15. The summed E-state index contributed by atoms with van der Waals surface area (Å²) in [6.07, 6.45) is -0.114. The van der Waals surface area contributed by atoms with E-state index in [0.29, 0.717) is 17.7 Å². The number of carboxylic acid groups (broad SMARTS) is 1. The third kappa shape index (κ3) is 4.68. The summed E-state index contributed by atoms with van der Waals surface area (Å²) in [6, 6.07) is 6.25. The van der Waals surface area contributed by atoms with Crippen molar-refractivity contribution in [2.75, 3.05) is 11.0 Å². The zero-order valence-corrected chi connectivity index (χ0v) is 14.2. The summed E-state index contributed by atoms with van der Waals surface area (Å²) in [5, 5.41) is 11.6. The van der Waals surface area contributed by atoms with E-state index in [2.05, 4.69) is 10.0 Å². The molecule has 0 saturated carbocycles. The molecule has 1 saturated heterocycles. The van der Waals surface area contributed by atoms with E-state index in [1.807, 2.05) is 0 Å². The molecule has 1 aromatic carbocycles. The molecule has 1 fully saturated rings. The lowest BCUT2D eigenvalue weighted by Crippen LogP contribution is -2.37. The highest BCUT2D eigenvalue weighted by Gasteiger charge is 2.35. The topological polar surface area (TPSA) is 122 Å². The van der Waals surface area contributed by atoms with Crippen molar-refractivity contribution in [3.63, 3.8) is 0 Å². The number of nitrogens with one attached hydrogen (secondary N) is 2. The third-order valence-corrected chi connectivity index (χ3v) is 4.26. The van der Waals surface area contributed by atoms with Crippen molar-refractivity contribution in [3.8, 4) is 0 Å². The Morgan fingerprint density at radius 3 is 2.46 bits per heavy atom. The van der Waals surface area contributed by atoms with Gasteiger partial charge in [-0.05, 0) is 31.4 Å². The molecule has 0 aliphatic carbocycles. The summed E-state index contributed by atoms with van der Waals surface area (Å²) >= 11 is 0. The van der Waals surface area contributed by atoms with Gasteiger partial charge >= 0.3 is 5.97 Å². The number of carbonyl (C=O) groups is 2. The highest BCUT2D eigenvalue weighted by molar-refractivity contribution is 7.92. The summed E-state index contributed by atoms with van der Waals surface area (Å²) in [5.74, 6) is -1.50. The molecule has 0 radical (unpaired) electrons. The molecule has 0 spiro atoms. The van der Waals surface area contributed by atoms with Crippen LogP contribution >= 0.6 is 0 Å². The Hall–Kier alpha value is -2.13. The second-order valence-corrected chi connectivity index (χ2v) is 7.47. The smallest absolute Gasteiger partial charge is 0.332 e. The number of carboxylic acids is 1. The van der Waals surface area contributed by atoms with Crippen molar-refractivity contribution >= 4 is 27.6 Å². The summed E-state index contributed by atoms with van der Waals surface area (Å²) in [5.41, 5.74) is 0.979. The van der Waals surface area contributed by atoms with Crippen molar-refractivity contribution in [2.45, 2.75) is 38.0 Å². The minimum absolute atomic E-state index is 0.286. The number of carbonyl (C=O) groups excluding carboxylic acids is 1. The van der Waals surface area contributed by atoms with Gasteiger partial charge < -0.3 is 15.2 Å². The monoisotopic (exact) mass is 356 g/mol. The Labute approximate surface area is 140 Å². The minimum atomic E-state index is -3.45. The molecule has 9 heteroatoms. The summed E-state index contributed by atoms with van der Waals surface area (Å²) in [7, 11) is -3.45. The molecule has 8 nitrogen and oxygen atoms in total. The second-order valence-electron chi connectivity index (χ2n) is 5.72. The molecule has 2 rings (SSSR count). The van der Waals surface area contributed by atoms with Crippen molar-refractivity contribution in [2.24, 2.45) is 0 Å². The molecule has 0 aromatic heterocycles. The standard InChI is InChI=1S/C15H20N2O6S/c1-9(10-5-3-4-6-11(10)17-24(2,21)22)16-14(18)12-7-8-13(23-12)15(19)20/h3-6,9,12-13,17H,7-8H2,1-2H3,(H,16,18)(H,19,20)/t9?,12-,13+/m0/s1. The maximum Gasteiger partial charge on any atom is 0.332 e. The largest absolute Gasteiger partial charge is 0.479 e. The first-order valence-electron chi connectivity index (χ1n) is 7.42. The van der Waals surface area contributed by atoms with Crippen molar-refractivity contribution < 1.29 is 27.9 Å². The predicted octanol–water partition coefficient (Wildman–Crippen LogP) is 0.867. The fraction of sp³-hybridized carbons (Fsp3) is 0.467. The Kier molecular flexibility index (Phi) is 5.45. The van der Waals surface area contributed by atoms with Crippen molar-refractivity contribution in [3.05, 3.63) is 29.8 Å². The molecule has 1 amide bonds. The van der Waals surface area contributed by atoms with E-state index in [9.17, 15) is 18.0 Å². The molecule has 1 aromatic rings. The van der Waals surface area contributed by atoms with Crippen LogP contribution in [0, 0.1) is 0 Å². The van der Waals surface area contributed by atoms with Crippen molar-refractivity contribution in [1.82, 2.24) is 5.32 Å². The maximum absolute atomic E-state index is 12.2. The molecular formula is C15H20N2O6S. The van der Waals surface area contributed by atoms with E-state index in [-0.39, 0.29) is 6.42 Å². The maximum atomic E-state index is 12.2. The van der Waals surface area contributed by atoms with E-state index in [1.165, 1.54) is 0 Å². The van der Waals surface area contributed by atoms with Gasteiger partial charge in [0.1, 0.15) is 6.10 Å². The molecule has 3 atom stereocenters. The lowest BCUT2D eigenvalue weighted by Gasteiger charge is -2.20. The molecule has 3 N–H and O–H groups in total. The second kappa shape index (κ2) is 7.18. The number of aliphatic carboxylic acids is 1. The van der Waals surface area contributed by atoms with Crippen LogP contribution in [0.15, 0.2) is 24.3 Å². The van der Waals surface area contributed by atoms with E-state index >= 15 is 0 Å². The van der Waals surface area contributed by atoms with E-state index < -0.39 is 40.1 Å². The molecule has 1 aliphatic heterocycles. The Bertz CT molecular complexity index is 733. The zero-order valence-electron chi connectivity index (χ0n) is 13.4. The highest BCUT2D eigenvalue weighted by Crippen LogP contribution is 2.25. The first-order valence-corrected chi connectivity index (χ1v) is 9.32. The Balaban J connectivity index is 2.06. The zero-order chi connectivity index (χ0) is 17.9. The molecule has 1 heterocycles. The number of benzene rings is 1. The molecule has 1 aliphatic rings. The van der Waals surface area contributed by atoms with Gasteiger partial charge in [-0.1, -0.05) is 18.2 Å². The summed E-state index contributed by atoms with van der Waals surface area (Å²) < 4.78 is 30.5. The van der Waals surface area contributed by atoms with E-state index in [0.717, 1.165) is 6.26 Å². The van der Waals surface area contributed by atoms with Crippen molar-refractivity contribution in [1.29, 1.82) is 0 Å². The van der Waals surface area contributed by atoms with Crippen LogP contribution in [0.25, 0.3) is 0 Å². The number of amides is 1. The number of ether oxygens (including phenoxy) is 1. The lowest BCUT2D eigenvalue weighted by molar-refractivity contribution is -0.151. The van der Waals surface area contributed by atoms with E-state index in [1.54, 1.807) is 31.2 Å². The first kappa shape index (κ1) is 18.2. The number of hydrogen-bond acceptors (Lipinski definition) is 5.